The number of non-ortho nitro benzene ring substituents is 1. The van der Waals surface area contributed by atoms with E-state index in [-0.39, 0.29) is 10.6 Å². The lowest BCUT2D eigenvalue weighted by Crippen LogP contribution is -2.16. The van der Waals surface area contributed by atoms with Gasteiger partial charge < -0.3 is 4.90 Å². The highest BCUT2D eigenvalue weighted by atomic mass is 16.6. The van der Waals surface area contributed by atoms with Crippen LogP contribution < -0.4 is 4.90 Å². The van der Waals surface area contributed by atoms with Crippen molar-refractivity contribution < 1.29 is 4.92 Å². The molecule has 0 heterocycles. The number of benzene rings is 2. The standard InChI is InChI=1S/C14H14N2O2.3C2H6/c1-15(13-7-3-2-4-8-13)11-12-6-5-9-14(10-12)16(17)18;3*1-2/h2-10H,11H2,1H3;3*1-2H3. The predicted octanol–water partition coefficient (Wildman–Crippen LogP) is 6.31. The zero-order valence-corrected chi connectivity index (χ0v) is 16.1. The van der Waals surface area contributed by atoms with Gasteiger partial charge in [0.25, 0.3) is 5.69 Å². The van der Waals surface area contributed by atoms with Crippen LogP contribution in [0.4, 0.5) is 11.4 Å². The number of para-hydroxylation sites is 1. The fourth-order valence-corrected chi connectivity index (χ4v) is 1.82. The molecule has 2 aromatic carbocycles. The minimum atomic E-state index is -0.369. The summed E-state index contributed by atoms with van der Waals surface area (Å²) < 4.78 is 0. The summed E-state index contributed by atoms with van der Waals surface area (Å²) in [6, 6.07) is 16.7. The molecular weight excluding hydrogens is 300 g/mol. The minimum absolute atomic E-state index is 0.133. The molecule has 0 aliphatic carbocycles. The molecule has 0 fully saturated rings. The smallest absolute Gasteiger partial charge is 0.269 e. The lowest BCUT2D eigenvalue weighted by molar-refractivity contribution is -0.384. The van der Waals surface area contributed by atoms with E-state index in [2.05, 4.69) is 4.90 Å². The predicted molar refractivity (Wildman–Crippen MR) is 106 cm³/mol. The number of hydrogen-bond acceptors (Lipinski definition) is 3. The first-order valence-corrected chi connectivity index (χ1v) is 8.66. The van der Waals surface area contributed by atoms with Crippen LogP contribution in [-0.2, 0) is 6.54 Å². The molecule has 2 aromatic rings. The summed E-state index contributed by atoms with van der Waals surface area (Å²) >= 11 is 0. The fourth-order valence-electron chi connectivity index (χ4n) is 1.82. The maximum atomic E-state index is 10.7. The molecule has 134 valence electrons. The van der Waals surface area contributed by atoms with Crippen molar-refractivity contribution in [1.29, 1.82) is 0 Å². The monoisotopic (exact) mass is 332 g/mol. The van der Waals surface area contributed by atoms with E-state index in [1.54, 1.807) is 12.1 Å². The lowest BCUT2D eigenvalue weighted by atomic mass is 10.2. The number of hydrogen-bond donors (Lipinski definition) is 0. The molecule has 4 heteroatoms. The average molecular weight is 332 g/mol. The molecule has 0 bridgehead atoms. The van der Waals surface area contributed by atoms with E-state index >= 15 is 0 Å². The SMILES string of the molecule is CC.CC.CC.CN(Cc1cccc([N+](=O)[O-])c1)c1ccccc1. The van der Waals surface area contributed by atoms with Crippen molar-refractivity contribution in [2.75, 3.05) is 11.9 Å². The van der Waals surface area contributed by atoms with E-state index in [9.17, 15) is 10.1 Å². The van der Waals surface area contributed by atoms with Crippen molar-refractivity contribution >= 4 is 11.4 Å². The van der Waals surface area contributed by atoms with Gasteiger partial charge in [-0.3, -0.25) is 10.1 Å². The zero-order chi connectivity index (χ0) is 19.0. The molecule has 0 aromatic heterocycles. The molecule has 0 spiro atoms. The number of nitro groups is 1. The van der Waals surface area contributed by atoms with Gasteiger partial charge in [-0.15, -0.1) is 0 Å². The van der Waals surface area contributed by atoms with Gasteiger partial charge in [-0.2, -0.15) is 0 Å². The van der Waals surface area contributed by atoms with Gasteiger partial charge in [-0.05, 0) is 17.7 Å². The Balaban J connectivity index is 0. The van der Waals surface area contributed by atoms with Crippen molar-refractivity contribution in [1.82, 2.24) is 0 Å². The molecule has 0 amide bonds. The summed E-state index contributed by atoms with van der Waals surface area (Å²) in [5.41, 5.74) is 2.15. The molecule has 24 heavy (non-hydrogen) atoms. The van der Waals surface area contributed by atoms with Crippen LogP contribution in [0.1, 0.15) is 47.1 Å². The second-order valence-corrected chi connectivity index (χ2v) is 4.12. The van der Waals surface area contributed by atoms with Crippen LogP contribution in [0.25, 0.3) is 0 Å². The molecule has 0 N–H and O–H groups in total. The van der Waals surface area contributed by atoms with Crippen molar-refractivity contribution in [3.8, 4) is 0 Å². The van der Waals surface area contributed by atoms with E-state index in [1.807, 2.05) is 85.0 Å². The van der Waals surface area contributed by atoms with Gasteiger partial charge in [-0.1, -0.05) is 71.9 Å². The Hall–Kier alpha value is -2.36. The largest absolute Gasteiger partial charge is 0.370 e. The second-order valence-electron chi connectivity index (χ2n) is 4.12. The number of anilines is 1. The third-order valence-corrected chi connectivity index (χ3v) is 2.74. The minimum Gasteiger partial charge on any atom is -0.370 e. The van der Waals surface area contributed by atoms with E-state index in [1.165, 1.54) is 6.07 Å². The third-order valence-electron chi connectivity index (χ3n) is 2.74. The molecule has 4 nitrogen and oxygen atoms in total. The highest BCUT2D eigenvalue weighted by molar-refractivity contribution is 5.46. The van der Waals surface area contributed by atoms with Gasteiger partial charge in [0, 0.05) is 31.4 Å². The van der Waals surface area contributed by atoms with Gasteiger partial charge in [0.15, 0.2) is 0 Å². The van der Waals surface area contributed by atoms with E-state index in [4.69, 9.17) is 0 Å². The summed E-state index contributed by atoms with van der Waals surface area (Å²) in [6.45, 7) is 12.6. The van der Waals surface area contributed by atoms with E-state index in [0.29, 0.717) is 6.54 Å². The van der Waals surface area contributed by atoms with Crippen LogP contribution in [0.15, 0.2) is 54.6 Å². The molecule has 0 aliphatic heterocycles. The topological polar surface area (TPSA) is 46.4 Å². The maximum Gasteiger partial charge on any atom is 0.269 e. The average Bonchev–Trinajstić information content (AvgIpc) is 2.67. The molecule has 0 saturated heterocycles. The first-order chi connectivity index (χ1) is 11.7. The number of nitrogens with zero attached hydrogens (tertiary/aromatic N) is 2. The highest BCUT2D eigenvalue weighted by Gasteiger charge is 2.07. The maximum absolute atomic E-state index is 10.7. The number of nitro benzene ring substituents is 1. The Morgan fingerprint density at radius 1 is 0.875 bits per heavy atom. The molecule has 0 aliphatic rings. The molecule has 0 atom stereocenters. The summed E-state index contributed by atoms with van der Waals surface area (Å²) in [7, 11) is 1.97. The van der Waals surface area contributed by atoms with Crippen LogP contribution in [0.2, 0.25) is 0 Å². The third kappa shape index (κ3) is 8.93. The molecule has 0 saturated carbocycles. The quantitative estimate of drug-likeness (QED) is 0.487. The highest BCUT2D eigenvalue weighted by Crippen LogP contribution is 2.18. The lowest BCUT2D eigenvalue weighted by Gasteiger charge is -2.19. The summed E-state index contributed by atoms with van der Waals surface area (Å²) in [4.78, 5) is 12.4. The molecule has 2 rings (SSSR count). The van der Waals surface area contributed by atoms with Crippen LogP contribution >= 0.6 is 0 Å². The Labute approximate surface area is 147 Å². The first kappa shape index (κ1) is 23.9. The van der Waals surface area contributed by atoms with Crippen LogP contribution in [0, 0.1) is 10.1 Å². The summed E-state index contributed by atoms with van der Waals surface area (Å²) in [5, 5.41) is 10.7. The summed E-state index contributed by atoms with van der Waals surface area (Å²) in [6.07, 6.45) is 0. The first-order valence-electron chi connectivity index (χ1n) is 8.66. The van der Waals surface area contributed by atoms with Gasteiger partial charge in [0.1, 0.15) is 0 Å². The van der Waals surface area contributed by atoms with Gasteiger partial charge >= 0.3 is 0 Å². The Kier molecular flexibility index (Phi) is 15.5. The second kappa shape index (κ2) is 15.5. The van der Waals surface area contributed by atoms with Crippen molar-refractivity contribution in [2.24, 2.45) is 0 Å². The Morgan fingerprint density at radius 2 is 1.42 bits per heavy atom. The van der Waals surface area contributed by atoms with Gasteiger partial charge in [0.2, 0.25) is 0 Å². The van der Waals surface area contributed by atoms with Crippen LogP contribution in [0.5, 0.6) is 0 Å². The fraction of sp³-hybridized carbons (Fsp3) is 0.400. The number of rotatable bonds is 4. The van der Waals surface area contributed by atoms with E-state index in [0.717, 1.165) is 11.3 Å². The molecule has 0 radical (unpaired) electrons. The van der Waals surface area contributed by atoms with Gasteiger partial charge in [0.05, 0.1) is 4.92 Å². The molecule has 0 unspecified atom stereocenters. The van der Waals surface area contributed by atoms with Crippen LogP contribution in [0.3, 0.4) is 0 Å². The Bertz CT molecular complexity index is 542. The zero-order valence-electron chi connectivity index (χ0n) is 16.1. The van der Waals surface area contributed by atoms with Crippen molar-refractivity contribution in [3.05, 3.63) is 70.3 Å². The molecular formula is C20H32N2O2. The summed E-state index contributed by atoms with van der Waals surface area (Å²) in [5.74, 6) is 0. The van der Waals surface area contributed by atoms with E-state index < -0.39 is 0 Å². The Morgan fingerprint density at radius 3 is 1.92 bits per heavy atom. The van der Waals surface area contributed by atoms with Crippen molar-refractivity contribution in [3.63, 3.8) is 0 Å². The normalized spacial score (nSPS) is 8.29. The van der Waals surface area contributed by atoms with Gasteiger partial charge in [-0.25, -0.2) is 0 Å². The van der Waals surface area contributed by atoms with Crippen molar-refractivity contribution in [2.45, 2.75) is 48.1 Å². The van der Waals surface area contributed by atoms with Crippen LogP contribution in [-0.4, -0.2) is 12.0 Å².